The van der Waals surface area contributed by atoms with Crippen molar-refractivity contribution in [3.8, 4) is 0 Å². The van der Waals surface area contributed by atoms with Crippen molar-refractivity contribution < 1.29 is 24.5 Å². The molecule has 0 radical (unpaired) electrons. The largest absolute Gasteiger partial charge is 0.481 e. The lowest BCUT2D eigenvalue weighted by atomic mass is 9.46. The van der Waals surface area contributed by atoms with Gasteiger partial charge in [0.15, 0.2) is 0 Å². The molecule has 4 rings (SSSR count). The summed E-state index contributed by atoms with van der Waals surface area (Å²) < 4.78 is 5.33. The van der Waals surface area contributed by atoms with Crippen molar-refractivity contribution in [2.24, 2.45) is 17.3 Å². The van der Waals surface area contributed by atoms with E-state index in [4.69, 9.17) is 4.74 Å². The molecule has 4 aliphatic rings. The van der Waals surface area contributed by atoms with Gasteiger partial charge in [-0.2, -0.15) is 0 Å². The summed E-state index contributed by atoms with van der Waals surface area (Å²) in [5.41, 5.74) is -1.64. The Bertz CT molecular complexity index is 524. The topological polar surface area (TPSA) is 95.9 Å². The van der Waals surface area contributed by atoms with Crippen LogP contribution in [0, 0.1) is 17.3 Å². The Labute approximate surface area is 143 Å². The second-order valence-corrected chi connectivity index (χ2v) is 9.34. The Morgan fingerprint density at radius 1 is 1.21 bits per heavy atom. The molecule has 0 unspecified atom stereocenters. The van der Waals surface area contributed by atoms with Gasteiger partial charge in [0, 0.05) is 6.04 Å². The first-order valence-electron chi connectivity index (χ1n) is 8.92. The molecule has 3 N–H and O–H groups in total. The maximum atomic E-state index is 12.2. The molecule has 0 aromatic carbocycles. The number of carboxylic acids is 1. The maximum absolute atomic E-state index is 12.2. The van der Waals surface area contributed by atoms with E-state index >= 15 is 0 Å². The predicted octanol–water partition coefficient (Wildman–Crippen LogP) is 2.69. The van der Waals surface area contributed by atoms with E-state index in [1.165, 1.54) is 0 Å². The van der Waals surface area contributed by atoms with Gasteiger partial charge in [0.2, 0.25) is 0 Å². The van der Waals surface area contributed by atoms with Crippen LogP contribution in [0.5, 0.6) is 0 Å². The van der Waals surface area contributed by atoms with E-state index in [1.807, 2.05) is 0 Å². The monoisotopic (exact) mass is 339 g/mol. The highest BCUT2D eigenvalue weighted by atomic mass is 16.6. The molecule has 3 atom stereocenters. The summed E-state index contributed by atoms with van der Waals surface area (Å²) in [6, 6.07) is -0.498. The number of aliphatic hydroxyl groups is 1. The SMILES string of the molecule is CC(C)(C)OC(=O)N[C@H](CC(=O)O)C12C[C@H]3C[C@@H](CC(O)(C3)C1)C2. The van der Waals surface area contributed by atoms with Gasteiger partial charge in [-0.25, -0.2) is 4.79 Å². The average molecular weight is 339 g/mol. The second-order valence-electron chi connectivity index (χ2n) is 9.34. The van der Waals surface area contributed by atoms with Gasteiger partial charge in [0.1, 0.15) is 5.60 Å². The predicted molar refractivity (Wildman–Crippen MR) is 87.5 cm³/mol. The summed E-state index contributed by atoms with van der Waals surface area (Å²) in [6.07, 6.45) is 4.41. The van der Waals surface area contributed by atoms with Crippen LogP contribution >= 0.6 is 0 Å². The number of nitrogens with one attached hydrogen (secondary N) is 1. The van der Waals surface area contributed by atoms with Gasteiger partial charge < -0.3 is 20.3 Å². The first-order chi connectivity index (χ1) is 11.0. The van der Waals surface area contributed by atoms with Crippen LogP contribution in [0.15, 0.2) is 0 Å². The number of aliphatic carboxylic acids is 1. The summed E-state index contributed by atoms with van der Waals surface area (Å²) in [5, 5.41) is 23.0. The molecular formula is C18H29NO5. The Morgan fingerprint density at radius 3 is 2.25 bits per heavy atom. The average Bonchev–Trinajstić information content (AvgIpc) is 2.31. The van der Waals surface area contributed by atoms with Gasteiger partial charge in [-0.3, -0.25) is 4.79 Å². The van der Waals surface area contributed by atoms with Crippen LogP contribution < -0.4 is 5.32 Å². The van der Waals surface area contributed by atoms with Crippen LogP contribution in [-0.2, 0) is 9.53 Å². The van der Waals surface area contributed by atoms with E-state index in [-0.39, 0.29) is 11.8 Å². The number of carboxylic acid groups (broad SMARTS) is 1. The lowest BCUT2D eigenvalue weighted by Gasteiger charge is -2.62. The van der Waals surface area contributed by atoms with E-state index < -0.39 is 29.3 Å². The summed E-state index contributed by atoms with van der Waals surface area (Å²) in [4.78, 5) is 23.6. The van der Waals surface area contributed by atoms with E-state index in [1.54, 1.807) is 20.8 Å². The van der Waals surface area contributed by atoms with E-state index in [0.29, 0.717) is 18.3 Å². The molecular weight excluding hydrogens is 310 g/mol. The van der Waals surface area contributed by atoms with Crippen molar-refractivity contribution in [3.05, 3.63) is 0 Å². The lowest BCUT2D eigenvalue weighted by molar-refractivity contribution is -0.176. The number of ether oxygens (including phenoxy) is 1. The Morgan fingerprint density at radius 2 is 1.79 bits per heavy atom. The lowest BCUT2D eigenvalue weighted by Crippen LogP contribution is -2.62. The Balaban J connectivity index is 1.81. The van der Waals surface area contributed by atoms with Crippen LogP contribution in [0.1, 0.15) is 65.7 Å². The second kappa shape index (κ2) is 5.61. The molecule has 1 amide bonds. The van der Waals surface area contributed by atoms with Crippen LogP contribution in [0.3, 0.4) is 0 Å². The van der Waals surface area contributed by atoms with Crippen LogP contribution in [-0.4, -0.2) is 39.5 Å². The molecule has 0 aromatic rings. The Hall–Kier alpha value is -1.30. The van der Waals surface area contributed by atoms with Gasteiger partial charge in [-0.15, -0.1) is 0 Å². The third-order valence-corrected chi connectivity index (χ3v) is 5.88. The minimum absolute atomic E-state index is 0.130. The molecule has 6 heteroatoms. The molecule has 136 valence electrons. The molecule has 0 saturated heterocycles. The highest BCUT2D eigenvalue weighted by Crippen LogP contribution is 2.63. The van der Waals surface area contributed by atoms with Crippen molar-refractivity contribution in [1.29, 1.82) is 0 Å². The fraction of sp³-hybridized carbons (Fsp3) is 0.889. The van der Waals surface area contributed by atoms with Gasteiger partial charge in [0.25, 0.3) is 0 Å². The standard InChI is InChI=1S/C18H29NO5/c1-16(2,3)24-15(22)19-13(5-14(20)21)17-6-11-4-12(7-17)9-18(23,8-11)10-17/h11-13,23H,4-10H2,1-3H3,(H,19,22)(H,20,21)/t11-,12-,13-,17?,18?/m1/s1. The van der Waals surface area contributed by atoms with Gasteiger partial charge in [-0.05, 0) is 76.5 Å². The third kappa shape index (κ3) is 3.53. The molecule has 4 saturated carbocycles. The van der Waals surface area contributed by atoms with Crippen LogP contribution in [0.2, 0.25) is 0 Å². The normalized spacial score (nSPS) is 38.7. The maximum Gasteiger partial charge on any atom is 0.407 e. The molecule has 0 aliphatic heterocycles. The zero-order chi connectivity index (χ0) is 17.8. The molecule has 4 fully saturated rings. The summed E-state index contributed by atoms with van der Waals surface area (Å²) in [5.74, 6) is -0.0558. The molecule has 0 heterocycles. The number of carbonyl (C=O) groups is 2. The Kier molecular flexibility index (Phi) is 4.10. The number of alkyl carbamates (subject to hydrolysis) is 1. The van der Waals surface area contributed by atoms with Crippen molar-refractivity contribution >= 4 is 12.1 Å². The minimum atomic E-state index is -0.932. The van der Waals surface area contributed by atoms with E-state index in [2.05, 4.69) is 5.32 Å². The zero-order valence-corrected chi connectivity index (χ0v) is 14.8. The molecule has 4 aliphatic carbocycles. The number of amides is 1. The van der Waals surface area contributed by atoms with E-state index in [0.717, 1.165) is 32.1 Å². The van der Waals surface area contributed by atoms with Crippen LogP contribution in [0.4, 0.5) is 4.79 Å². The smallest absolute Gasteiger partial charge is 0.407 e. The first kappa shape index (κ1) is 17.5. The fourth-order valence-electron chi connectivity index (χ4n) is 5.74. The van der Waals surface area contributed by atoms with Crippen molar-refractivity contribution in [2.45, 2.75) is 83.0 Å². The van der Waals surface area contributed by atoms with Gasteiger partial charge in [0.05, 0.1) is 12.0 Å². The number of carbonyl (C=O) groups excluding carboxylic acids is 1. The third-order valence-electron chi connectivity index (χ3n) is 5.88. The van der Waals surface area contributed by atoms with Crippen molar-refractivity contribution in [3.63, 3.8) is 0 Å². The molecule has 6 nitrogen and oxygen atoms in total. The molecule has 0 spiro atoms. The summed E-state index contributed by atoms with van der Waals surface area (Å²) in [7, 11) is 0. The quantitative estimate of drug-likeness (QED) is 0.732. The summed E-state index contributed by atoms with van der Waals surface area (Å²) in [6.45, 7) is 5.35. The molecule has 24 heavy (non-hydrogen) atoms. The van der Waals surface area contributed by atoms with Crippen molar-refractivity contribution in [2.75, 3.05) is 0 Å². The van der Waals surface area contributed by atoms with E-state index in [9.17, 15) is 19.8 Å². The first-order valence-corrected chi connectivity index (χ1v) is 8.92. The highest BCUT2D eigenvalue weighted by molar-refractivity contribution is 5.72. The van der Waals surface area contributed by atoms with Crippen LogP contribution in [0.25, 0.3) is 0 Å². The fourth-order valence-corrected chi connectivity index (χ4v) is 5.74. The van der Waals surface area contributed by atoms with Gasteiger partial charge in [-0.1, -0.05) is 0 Å². The number of hydrogen-bond acceptors (Lipinski definition) is 4. The molecule has 4 bridgehead atoms. The zero-order valence-electron chi connectivity index (χ0n) is 14.8. The minimum Gasteiger partial charge on any atom is -0.481 e. The van der Waals surface area contributed by atoms with Gasteiger partial charge >= 0.3 is 12.1 Å². The number of rotatable bonds is 4. The summed E-state index contributed by atoms with van der Waals surface area (Å²) >= 11 is 0. The number of hydrogen-bond donors (Lipinski definition) is 3. The highest BCUT2D eigenvalue weighted by Gasteiger charge is 2.60. The van der Waals surface area contributed by atoms with Crippen molar-refractivity contribution in [1.82, 2.24) is 5.32 Å². The molecule has 0 aromatic heterocycles.